The molecule has 5 unspecified atom stereocenters. The van der Waals surface area contributed by atoms with Crippen molar-refractivity contribution in [2.75, 3.05) is 20.8 Å². The van der Waals surface area contributed by atoms with E-state index in [2.05, 4.69) is 18.5 Å². The van der Waals surface area contributed by atoms with Gasteiger partial charge < -0.3 is 24.4 Å². The van der Waals surface area contributed by atoms with E-state index >= 15 is 0 Å². The smallest absolute Gasteiger partial charge is 0.332 e. The van der Waals surface area contributed by atoms with E-state index in [1.54, 1.807) is 32.1 Å². The Morgan fingerprint density at radius 1 is 1.13 bits per heavy atom. The quantitative estimate of drug-likeness (QED) is 0.136. The molecule has 2 amide bonds. The highest BCUT2D eigenvalue weighted by atomic mass is 16.5. The van der Waals surface area contributed by atoms with Crippen LogP contribution in [0.4, 0.5) is 0 Å². The van der Waals surface area contributed by atoms with Crippen LogP contribution in [0, 0.1) is 11.3 Å². The maximum Gasteiger partial charge on any atom is 0.332 e. The van der Waals surface area contributed by atoms with E-state index in [1.807, 2.05) is 61.5 Å². The fourth-order valence-electron chi connectivity index (χ4n) is 6.44. The summed E-state index contributed by atoms with van der Waals surface area (Å²) in [5.74, 6) is -0.131. The van der Waals surface area contributed by atoms with Crippen LogP contribution in [0.5, 0.6) is 11.6 Å². The molecule has 1 heterocycles. The first-order valence-electron chi connectivity index (χ1n) is 16.2. The van der Waals surface area contributed by atoms with Crippen molar-refractivity contribution in [2.45, 2.75) is 70.1 Å². The Morgan fingerprint density at radius 2 is 1.89 bits per heavy atom. The van der Waals surface area contributed by atoms with Crippen LogP contribution in [0.25, 0.3) is 22.3 Å². The van der Waals surface area contributed by atoms with Crippen molar-refractivity contribution in [3.8, 4) is 23.0 Å². The predicted octanol–water partition coefficient (Wildman–Crippen LogP) is 5.66. The highest BCUT2D eigenvalue weighted by Gasteiger charge is 2.64. The van der Waals surface area contributed by atoms with Crippen LogP contribution in [0.3, 0.4) is 0 Å². The lowest BCUT2D eigenvalue weighted by atomic mass is 9.82. The van der Waals surface area contributed by atoms with Gasteiger partial charge in [-0.05, 0) is 58.1 Å². The molecule has 0 bridgehead atoms. The molecule has 0 aliphatic heterocycles. The molecular formula is C37H44N4O6. The number of benzene rings is 2. The molecule has 0 radical (unpaired) electrons. The van der Waals surface area contributed by atoms with Gasteiger partial charge in [0, 0.05) is 37.1 Å². The summed E-state index contributed by atoms with van der Waals surface area (Å²) in [7, 11) is 3.32. The first-order chi connectivity index (χ1) is 22.6. The molecule has 2 aliphatic carbocycles. The van der Waals surface area contributed by atoms with E-state index < -0.39 is 28.9 Å². The highest BCUT2D eigenvalue weighted by Crippen LogP contribution is 2.49. The van der Waals surface area contributed by atoms with E-state index in [1.165, 1.54) is 0 Å². The van der Waals surface area contributed by atoms with Crippen LogP contribution in [-0.2, 0) is 19.1 Å². The van der Waals surface area contributed by atoms with Crippen molar-refractivity contribution in [1.82, 2.24) is 20.2 Å². The van der Waals surface area contributed by atoms with Crippen LogP contribution >= 0.6 is 0 Å². The SMILES string of the molecule is C=CCCC(C)N(C)C(=O)C1(C(=O)NC2(C(=O)OCC)CC2C=C)CCC(Oc2nc(-c3ccccc3)nc3cc(OC)ccc23)C1. The number of methoxy groups -OCH3 is 1. The second kappa shape index (κ2) is 13.9. The van der Waals surface area contributed by atoms with Crippen LogP contribution in [0.1, 0.15) is 52.4 Å². The number of nitrogens with one attached hydrogen (secondary N) is 1. The molecule has 2 aliphatic rings. The summed E-state index contributed by atoms with van der Waals surface area (Å²) >= 11 is 0. The standard InChI is InChI=1S/C37H44N4O6/c1-7-10-14-24(4)41(5)34(43)36(33(42)40-37(22-26(37)8-2)35(44)46-9-3)20-19-28(23-36)47-32-29-18-17-27(45-6)21-30(29)38-31(39-32)25-15-12-11-13-16-25/h7-8,11-13,15-18,21,24,26,28H,1-2,9-10,14,19-20,22-23H2,3-6H3,(H,40,42). The molecule has 3 aromatic rings. The molecule has 248 valence electrons. The van der Waals surface area contributed by atoms with Gasteiger partial charge in [0.2, 0.25) is 17.7 Å². The molecule has 0 spiro atoms. The lowest BCUT2D eigenvalue weighted by Crippen LogP contribution is -2.57. The Balaban J connectivity index is 1.49. The van der Waals surface area contributed by atoms with E-state index in [9.17, 15) is 14.4 Å². The number of ether oxygens (including phenoxy) is 3. The van der Waals surface area contributed by atoms with Crippen molar-refractivity contribution >= 4 is 28.7 Å². The van der Waals surface area contributed by atoms with Gasteiger partial charge in [-0.2, -0.15) is 4.98 Å². The van der Waals surface area contributed by atoms with Crippen molar-refractivity contribution in [2.24, 2.45) is 11.3 Å². The Hall–Kier alpha value is -4.73. The monoisotopic (exact) mass is 640 g/mol. The summed E-state index contributed by atoms with van der Waals surface area (Å²) in [5, 5.41) is 3.65. The fraction of sp³-hybridized carbons (Fsp3) is 0.432. The number of carbonyl (C=O) groups is 3. The maximum absolute atomic E-state index is 14.4. The molecule has 1 N–H and O–H groups in total. The lowest BCUT2D eigenvalue weighted by molar-refractivity contribution is -0.156. The number of aromatic nitrogens is 2. The number of hydrogen-bond acceptors (Lipinski definition) is 8. The van der Waals surface area contributed by atoms with Gasteiger partial charge in [-0.3, -0.25) is 9.59 Å². The molecule has 5 rings (SSSR count). The molecule has 0 saturated heterocycles. The zero-order chi connectivity index (χ0) is 33.8. The summed E-state index contributed by atoms with van der Waals surface area (Å²) in [5.41, 5.74) is -1.24. The Morgan fingerprint density at radius 3 is 2.55 bits per heavy atom. The molecule has 1 aromatic heterocycles. The normalized spacial score (nSPS) is 23.7. The largest absolute Gasteiger partial charge is 0.497 e. The van der Waals surface area contributed by atoms with Gasteiger partial charge >= 0.3 is 5.97 Å². The average Bonchev–Trinajstić information content (AvgIpc) is 3.65. The lowest BCUT2D eigenvalue weighted by Gasteiger charge is -2.35. The van der Waals surface area contributed by atoms with E-state index in [0.717, 1.165) is 12.0 Å². The number of nitrogens with zero attached hydrogens (tertiary/aromatic N) is 3. The van der Waals surface area contributed by atoms with Crippen molar-refractivity contribution in [3.05, 3.63) is 73.8 Å². The summed E-state index contributed by atoms with van der Waals surface area (Å²) in [6.07, 6.45) is 5.51. The predicted molar refractivity (Wildman–Crippen MR) is 180 cm³/mol. The van der Waals surface area contributed by atoms with Crippen molar-refractivity contribution in [1.29, 1.82) is 0 Å². The molecule has 47 heavy (non-hydrogen) atoms. The third-order valence-electron chi connectivity index (χ3n) is 9.54. The van der Waals surface area contributed by atoms with Gasteiger partial charge in [-0.15, -0.1) is 13.2 Å². The third-order valence-corrected chi connectivity index (χ3v) is 9.54. The summed E-state index contributed by atoms with van der Waals surface area (Å²) < 4.78 is 17.4. The number of amides is 2. The minimum atomic E-state index is -1.47. The van der Waals surface area contributed by atoms with Gasteiger partial charge in [-0.1, -0.05) is 42.5 Å². The van der Waals surface area contributed by atoms with Crippen LogP contribution < -0.4 is 14.8 Å². The number of allylic oxidation sites excluding steroid dienone is 1. The van der Waals surface area contributed by atoms with Crippen molar-refractivity contribution in [3.63, 3.8) is 0 Å². The molecule has 2 saturated carbocycles. The van der Waals surface area contributed by atoms with Gasteiger partial charge in [0.25, 0.3) is 0 Å². The molecule has 2 fully saturated rings. The number of hydrogen-bond donors (Lipinski definition) is 1. The van der Waals surface area contributed by atoms with E-state index in [4.69, 9.17) is 24.2 Å². The van der Waals surface area contributed by atoms with Crippen molar-refractivity contribution < 1.29 is 28.6 Å². The first-order valence-corrected chi connectivity index (χ1v) is 16.2. The maximum atomic E-state index is 14.4. The van der Waals surface area contributed by atoms with Crippen LogP contribution in [0.2, 0.25) is 0 Å². The first kappa shape index (κ1) is 33.6. The Labute approximate surface area is 276 Å². The van der Waals surface area contributed by atoms with Gasteiger partial charge in [-0.25, -0.2) is 9.78 Å². The number of esters is 1. The highest BCUT2D eigenvalue weighted by molar-refractivity contribution is 6.07. The second-order valence-electron chi connectivity index (χ2n) is 12.5. The van der Waals surface area contributed by atoms with Crippen LogP contribution in [0.15, 0.2) is 73.8 Å². The second-order valence-corrected chi connectivity index (χ2v) is 12.5. The number of rotatable bonds is 14. The number of carbonyl (C=O) groups excluding carboxylic acids is 3. The average molecular weight is 641 g/mol. The molecule has 10 nitrogen and oxygen atoms in total. The molecular weight excluding hydrogens is 596 g/mol. The van der Waals surface area contributed by atoms with E-state index in [0.29, 0.717) is 47.6 Å². The Kier molecular flexibility index (Phi) is 9.98. The zero-order valence-electron chi connectivity index (χ0n) is 27.7. The molecule has 2 aromatic carbocycles. The Bertz CT molecular complexity index is 1660. The van der Waals surface area contributed by atoms with E-state index in [-0.39, 0.29) is 37.3 Å². The third kappa shape index (κ3) is 6.59. The molecule has 5 atom stereocenters. The summed E-state index contributed by atoms with van der Waals surface area (Å²) in [6.45, 7) is 11.5. The summed E-state index contributed by atoms with van der Waals surface area (Å²) in [6, 6.07) is 14.9. The zero-order valence-corrected chi connectivity index (χ0v) is 27.7. The minimum Gasteiger partial charge on any atom is -0.497 e. The van der Waals surface area contributed by atoms with Crippen LogP contribution in [-0.4, -0.2) is 71.1 Å². The van der Waals surface area contributed by atoms with Gasteiger partial charge in [0.1, 0.15) is 22.8 Å². The topological polar surface area (TPSA) is 120 Å². The number of fused-ring (bicyclic) bond motifs is 1. The minimum absolute atomic E-state index is 0.107. The molecule has 10 heteroatoms. The van der Waals surface area contributed by atoms with Gasteiger partial charge in [0.15, 0.2) is 5.82 Å². The summed E-state index contributed by atoms with van der Waals surface area (Å²) in [4.78, 5) is 53.1. The fourth-order valence-corrected chi connectivity index (χ4v) is 6.44. The van der Waals surface area contributed by atoms with Gasteiger partial charge in [0.05, 0.1) is 24.6 Å².